The Labute approximate surface area is 204 Å². The molecule has 0 N–H and O–H groups in total. The lowest BCUT2D eigenvalue weighted by Crippen LogP contribution is -2.35. The van der Waals surface area contributed by atoms with Crippen molar-refractivity contribution >= 4 is 22.8 Å². The van der Waals surface area contributed by atoms with Gasteiger partial charge in [0.05, 0.1) is 17.3 Å². The minimum Gasteiger partial charge on any atom is -0.354 e. The molecule has 2 aromatic carbocycles. The summed E-state index contributed by atoms with van der Waals surface area (Å²) in [5.74, 6) is 1.66. The molecular formula is C27H29FN6O. The monoisotopic (exact) mass is 472 g/mol. The average molecular weight is 473 g/mol. The van der Waals surface area contributed by atoms with Gasteiger partial charge in [-0.3, -0.25) is 4.79 Å². The van der Waals surface area contributed by atoms with E-state index in [2.05, 4.69) is 23.8 Å². The molecule has 0 bridgehead atoms. The van der Waals surface area contributed by atoms with Crippen molar-refractivity contribution in [3.63, 3.8) is 0 Å². The maximum atomic E-state index is 13.3. The molecule has 0 saturated carbocycles. The first-order valence-corrected chi connectivity index (χ1v) is 12.1. The molecule has 180 valence electrons. The van der Waals surface area contributed by atoms with Gasteiger partial charge in [0.1, 0.15) is 17.5 Å². The molecule has 0 spiro atoms. The van der Waals surface area contributed by atoms with Crippen LogP contribution in [0, 0.1) is 11.7 Å². The van der Waals surface area contributed by atoms with E-state index in [0.717, 1.165) is 47.7 Å². The number of rotatable bonds is 5. The number of carbonyl (C=O) groups excluding carboxylic acids is 1. The van der Waals surface area contributed by atoms with Gasteiger partial charge in [-0.2, -0.15) is 5.10 Å². The summed E-state index contributed by atoms with van der Waals surface area (Å²) < 4.78 is 15.2. The Balaban J connectivity index is 1.46. The van der Waals surface area contributed by atoms with Gasteiger partial charge in [-0.15, -0.1) is 0 Å². The summed E-state index contributed by atoms with van der Waals surface area (Å²) in [5, 5.41) is 5.55. The molecule has 1 aliphatic heterocycles. The highest BCUT2D eigenvalue weighted by atomic mass is 19.1. The van der Waals surface area contributed by atoms with Crippen molar-refractivity contribution in [3.8, 4) is 5.69 Å². The highest BCUT2D eigenvalue weighted by Gasteiger charge is 2.24. The number of aromatic nitrogens is 4. The number of benzene rings is 2. The second-order valence-corrected chi connectivity index (χ2v) is 9.33. The molecule has 4 aromatic rings. The summed E-state index contributed by atoms with van der Waals surface area (Å²) in [6.07, 6.45) is 3.42. The number of anilines is 1. The molecule has 1 aliphatic rings. The van der Waals surface area contributed by atoms with Crippen LogP contribution in [0.5, 0.6) is 0 Å². The van der Waals surface area contributed by atoms with E-state index in [1.165, 1.54) is 12.1 Å². The van der Waals surface area contributed by atoms with Crippen LogP contribution in [-0.2, 0) is 6.42 Å². The third-order valence-electron chi connectivity index (χ3n) is 6.22. The van der Waals surface area contributed by atoms with Crippen molar-refractivity contribution < 1.29 is 9.18 Å². The second-order valence-electron chi connectivity index (χ2n) is 9.33. The number of nitrogens with zero attached hydrogens (tertiary/aromatic N) is 6. The van der Waals surface area contributed by atoms with E-state index in [-0.39, 0.29) is 11.7 Å². The fourth-order valence-corrected chi connectivity index (χ4v) is 4.50. The van der Waals surface area contributed by atoms with Crippen LogP contribution in [0.25, 0.3) is 16.7 Å². The van der Waals surface area contributed by atoms with E-state index >= 15 is 0 Å². The predicted octanol–water partition coefficient (Wildman–Crippen LogP) is 4.51. The van der Waals surface area contributed by atoms with Gasteiger partial charge >= 0.3 is 0 Å². The van der Waals surface area contributed by atoms with Gasteiger partial charge in [0.15, 0.2) is 5.65 Å². The summed E-state index contributed by atoms with van der Waals surface area (Å²) in [4.78, 5) is 26.9. The number of amides is 1. The van der Waals surface area contributed by atoms with E-state index in [1.54, 1.807) is 12.1 Å². The second kappa shape index (κ2) is 9.82. The van der Waals surface area contributed by atoms with Gasteiger partial charge < -0.3 is 9.80 Å². The SMILES string of the molecule is CC(C)Cc1nc(N2CCCN(C(=O)c3ccc(F)cc3)CC2)c2cnn(-c3ccccc3)c2n1. The van der Waals surface area contributed by atoms with Gasteiger partial charge in [0, 0.05) is 38.2 Å². The third kappa shape index (κ3) is 4.87. The molecule has 0 atom stereocenters. The quantitative estimate of drug-likeness (QED) is 0.428. The molecule has 8 heteroatoms. The highest BCUT2D eigenvalue weighted by Crippen LogP contribution is 2.27. The average Bonchev–Trinajstić information content (AvgIpc) is 3.12. The molecule has 0 radical (unpaired) electrons. The Bertz CT molecular complexity index is 1320. The summed E-state index contributed by atoms with van der Waals surface area (Å²) >= 11 is 0. The van der Waals surface area contributed by atoms with Gasteiger partial charge in [0.2, 0.25) is 0 Å². The number of fused-ring (bicyclic) bond motifs is 1. The molecule has 7 nitrogen and oxygen atoms in total. The van der Waals surface area contributed by atoms with Crippen molar-refractivity contribution in [2.75, 3.05) is 31.1 Å². The fraction of sp³-hybridized carbons (Fsp3) is 0.333. The third-order valence-corrected chi connectivity index (χ3v) is 6.22. The number of carbonyl (C=O) groups is 1. The Kier molecular flexibility index (Phi) is 6.44. The molecule has 1 saturated heterocycles. The Morgan fingerprint density at radius 3 is 2.49 bits per heavy atom. The van der Waals surface area contributed by atoms with Crippen molar-refractivity contribution in [2.24, 2.45) is 5.92 Å². The van der Waals surface area contributed by atoms with E-state index in [9.17, 15) is 9.18 Å². The minimum absolute atomic E-state index is 0.0721. The molecular weight excluding hydrogens is 443 g/mol. The maximum absolute atomic E-state index is 13.3. The summed E-state index contributed by atoms with van der Waals surface area (Å²) in [7, 11) is 0. The molecule has 0 unspecified atom stereocenters. The van der Waals surface area contributed by atoms with Crippen molar-refractivity contribution in [3.05, 3.63) is 78.0 Å². The van der Waals surface area contributed by atoms with E-state index < -0.39 is 0 Å². The molecule has 1 amide bonds. The first-order valence-electron chi connectivity index (χ1n) is 12.1. The summed E-state index contributed by atoms with van der Waals surface area (Å²) in [5.41, 5.74) is 2.25. The zero-order valence-electron chi connectivity index (χ0n) is 20.1. The van der Waals surface area contributed by atoms with Crippen LogP contribution < -0.4 is 4.90 Å². The summed E-state index contributed by atoms with van der Waals surface area (Å²) in [6, 6.07) is 15.7. The van der Waals surface area contributed by atoms with Crippen LogP contribution in [0.3, 0.4) is 0 Å². The largest absolute Gasteiger partial charge is 0.354 e. The van der Waals surface area contributed by atoms with Crippen LogP contribution in [0.1, 0.15) is 36.5 Å². The minimum atomic E-state index is -0.343. The van der Waals surface area contributed by atoms with Crippen molar-refractivity contribution in [2.45, 2.75) is 26.7 Å². The van der Waals surface area contributed by atoms with Crippen LogP contribution in [0.15, 0.2) is 60.8 Å². The molecule has 1 fully saturated rings. The number of hydrogen-bond acceptors (Lipinski definition) is 5. The molecule has 2 aromatic heterocycles. The van der Waals surface area contributed by atoms with Gasteiger partial charge in [-0.25, -0.2) is 19.0 Å². The zero-order valence-corrected chi connectivity index (χ0v) is 20.1. The normalized spacial score (nSPS) is 14.5. The number of halogens is 1. The molecule has 35 heavy (non-hydrogen) atoms. The standard InChI is InChI=1S/C27H29FN6O/c1-19(2)17-24-30-25(23-18-29-34(26(23)31-24)22-7-4-3-5-8-22)32-13-6-14-33(16-15-32)27(35)20-9-11-21(28)12-10-20/h3-5,7-12,18-19H,6,13-17H2,1-2H3. The predicted molar refractivity (Wildman–Crippen MR) is 134 cm³/mol. The lowest BCUT2D eigenvalue weighted by Gasteiger charge is -2.24. The number of hydrogen-bond donors (Lipinski definition) is 0. The Morgan fingerprint density at radius 1 is 0.971 bits per heavy atom. The lowest BCUT2D eigenvalue weighted by atomic mass is 10.1. The lowest BCUT2D eigenvalue weighted by molar-refractivity contribution is 0.0767. The molecule has 0 aliphatic carbocycles. The van der Waals surface area contributed by atoms with E-state index in [4.69, 9.17) is 9.97 Å². The zero-order chi connectivity index (χ0) is 24.4. The first-order chi connectivity index (χ1) is 17.0. The first kappa shape index (κ1) is 23.0. The Morgan fingerprint density at radius 2 is 1.74 bits per heavy atom. The van der Waals surface area contributed by atoms with Gasteiger partial charge in [0.25, 0.3) is 5.91 Å². The molecule has 3 heterocycles. The van der Waals surface area contributed by atoms with Crippen LogP contribution in [0.4, 0.5) is 10.2 Å². The van der Waals surface area contributed by atoms with Crippen LogP contribution in [0.2, 0.25) is 0 Å². The smallest absolute Gasteiger partial charge is 0.253 e. The highest BCUT2D eigenvalue weighted by molar-refractivity contribution is 5.94. The van der Waals surface area contributed by atoms with Crippen molar-refractivity contribution in [1.29, 1.82) is 0 Å². The molecule has 5 rings (SSSR count). The van der Waals surface area contributed by atoms with Crippen molar-refractivity contribution in [1.82, 2.24) is 24.6 Å². The van der Waals surface area contributed by atoms with E-state index in [1.807, 2.05) is 46.1 Å². The van der Waals surface area contributed by atoms with E-state index in [0.29, 0.717) is 31.1 Å². The topological polar surface area (TPSA) is 67.2 Å². The summed E-state index contributed by atoms with van der Waals surface area (Å²) in [6.45, 7) is 6.95. The van der Waals surface area contributed by atoms with Crippen LogP contribution in [-0.4, -0.2) is 56.7 Å². The number of para-hydroxylation sites is 1. The van der Waals surface area contributed by atoms with Gasteiger partial charge in [-0.05, 0) is 48.7 Å². The van der Waals surface area contributed by atoms with Crippen LogP contribution >= 0.6 is 0 Å². The fourth-order valence-electron chi connectivity index (χ4n) is 4.50. The van der Waals surface area contributed by atoms with Gasteiger partial charge in [-0.1, -0.05) is 32.0 Å². The maximum Gasteiger partial charge on any atom is 0.253 e. The Hall–Kier alpha value is -3.81.